The van der Waals surface area contributed by atoms with Crippen molar-refractivity contribution in [2.45, 2.75) is 0 Å². The molecule has 0 aliphatic carbocycles. The van der Waals surface area contributed by atoms with Gasteiger partial charge in [0.2, 0.25) is 0 Å². The average Bonchev–Trinajstić information content (AvgIpc) is 3.66. The highest BCUT2D eigenvalue weighted by Gasteiger charge is 2.16. The van der Waals surface area contributed by atoms with Gasteiger partial charge in [-0.05, 0) is 115 Å². The van der Waals surface area contributed by atoms with Gasteiger partial charge in [-0.15, -0.1) is 0 Å². The second-order valence-electron chi connectivity index (χ2n) is 13.4. The molecule has 0 radical (unpaired) electrons. The quantitative estimate of drug-likeness (QED) is 0.165. The van der Waals surface area contributed by atoms with Gasteiger partial charge in [0.15, 0.2) is 0 Å². The summed E-state index contributed by atoms with van der Waals surface area (Å²) in [5, 5.41) is 8.65. The molecule has 2 nitrogen and oxygen atoms in total. The van der Waals surface area contributed by atoms with E-state index in [4.69, 9.17) is 4.42 Å². The van der Waals surface area contributed by atoms with Crippen LogP contribution < -0.4 is 4.90 Å². The zero-order valence-electron chi connectivity index (χ0n) is 28.4. The number of hydrogen-bond acceptors (Lipinski definition) is 2. The summed E-state index contributed by atoms with van der Waals surface area (Å²) >= 11 is 0. The zero-order chi connectivity index (χ0) is 34.4. The fourth-order valence-electron chi connectivity index (χ4n) is 7.62. The van der Waals surface area contributed by atoms with E-state index in [0.29, 0.717) is 0 Å². The maximum atomic E-state index is 6.31. The Morgan fingerprint density at radius 2 is 0.923 bits per heavy atom. The van der Waals surface area contributed by atoms with Crippen molar-refractivity contribution in [1.82, 2.24) is 0 Å². The molecule has 0 spiro atoms. The SMILES string of the molecule is c1cc(-c2cc3ccccc3o2)cc(N(c2ccc(-c3ccc4ccccc4c3)cc2)c2ccc(-c3cc4ccccc4c4ccccc34)cc2)c1. The fraction of sp³-hybridized carbons (Fsp3) is 0. The Kier molecular flexibility index (Phi) is 7.18. The minimum atomic E-state index is 0.855. The van der Waals surface area contributed by atoms with Crippen LogP contribution in [0.15, 0.2) is 205 Å². The van der Waals surface area contributed by atoms with Gasteiger partial charge in [-0.1, -0.05) is 140 Å². The zero-order valence-corrected chi connectivity index (χ0v) is 28.4. The van der Waals surface area contributed by atoms with Crippen LogP contribution in [0.25, 0.3) is 76.9 Å². The molecule has 1 aromatic heterocycles. The third-order valence-electron chi connectivity index (χ3n) is 10.2. The molecule has 244 valence electrons. The standard InChI is InChI=1S/C50H33NO/c1-2-11-37-30-38(21-20-34(37)10-1)35-22-26-42(27-23-35)51(44-15-9-14-40(31-44)50-33-41-13-4-8-19-49(41)52-50)43-28-24-36(25-29-43)48-32-39-12-3-5-16-45(39)46-17-6-7-18-47(46)48/h1-33H. The van der Waals surface area contributed by atoms with E-state index in [0.717, 1.165) is 39.4 Å². The van der Waals surface area contributed by atoms with Crippen LogP contribution in [0.4, 0.5) is 17.1 Å². The Bertz CT molecular complexity index is 2870. The maximum Gasteiger partial charge on any atom is 0.135 e. The molecule has 9 aromatic carbocycles. The second-order valence-corrected chi connectivity index (χ2v) is 13.4. The lowest BCUT2D eigenvalue weighted by Crippen LogP contribution is -2.10. The van der Waals surface area contributed by atoms with Crippen LogP contribution in [0, 0.1) is 0 Å². The number of benzene rings is 9. The summed E-state index contributed by atoms with van der Waals surface area (Å²) in [6.45, 7) is 0. The van der Waals surface area contributed by atoms with Crippen LogP contribution in [0.2, 0.25) is 0 Å². The molecule has 0 aliphatic rings. The Hall–Kier alpha value is -6.90. The van der Waals surface area contributed by atoms with Gasteiger partial charge in [0.05, 0.1) is 0 Å². The predicted octanol–water partition coefficient (Wildman–Crippen LogP) is 14.4. The highest BCUT2D eigenvalue weighted by atomic mass is 16.3. The molecule has 0 amide bonds. The first kappa shape index (κ1) is 30.0. The summed E-state index contributed by atoms with van der Waals surface area (Å²) in [4.78, 5) is 2.33. The van der Waals surface area contributed by atoms with Gasteiger partial charge in [0.25, 0.3) is 0 Å². The molecular weight excluding hydrogens is 631 g/mol. The Morgan fingerprint density at radius 3 is 1.69 bits per heavy atom. The summed E-state index contributed by atoms with van der Waals surface area (Å²) in [5.41, 5.74) is 9.95. The van der Waals surface area contributed by atoms with Crippen molar-refractivity contribution in [3.63, 3.8) is 0 Å². The van der Waals surface area contributed by atoms with Crippen molar-refractivity contribution >= 4 is 60.3 Å². The molecule has 0 unspecified atom stereocenters. The predicted molar refractivity (Wildman–Crippen MR) is 220 cm³/mol. The first-order valence-electron chi connectivity index (χ1n) is 17.7. The monoisotopic (exact) mass is 663 g/mol. The molecule has 0 atom stereocenters. The lowest BCUT2D eigenvalue weighted by molar-refractivity contribution is 0.631. The molecule has 0 N–H and O–H groups in total. The van der Waals surface area contributed by atoms with Gasteiger partial charge < -0.3 is 9.32 Å². The number of furan rings is 1. The molecule has 1 heterocycles. The lowest BCUT2D eigenvalue weighted by atomic mass is 9.93. The van der Waals surface area contributed by atoms with E-state index in [1.165, 1.54) is 54.6 Å². The molecule has 52 heavy (non-hydrogen) atoms. The number of anilines is 3. The van der Waals surface area contributed by atoms with E-state index in [1.54, 1.807) is 0 Å². The lowest BCUT2D eigenvalue weighted by Gasteiger charge is -2.26. The van der Waals surface area contributed by atoms with Gasteiger partial charge in [-0.3, -0.25) is 0 Å². The first-order chi connectivity index (χ1) is 25.7. The van der Waals surface area contributed by atoms with Crippen molar-refractivity contribution < 1.29 is 4.42 Å². The largest absolute Gasteiger partial charge is 0.456 e. The topological polar surface area (TPSA) is 16.4 Å². The van der Waals surface area contributed by atoms with Gasteiger partial charge in [-0.25, -0.2) is 0 Å². The molecule has 0 saturated heterocycles. The molecule has 2 heteroatoms. The summed E-state index contributed by atoms with van der Waals surface area (Å²) in [7, 11) is 0. The smallest absolute Gasteiger partial charge is 0.135 e. The van der Waals surface area contributed by atoms with Crippen molar-refractivity contribution in [3.8, 4) is 33.6 Å². The number of para-hydroxylation sites is 1. The number of fused-ring (bicyclic) bond motifs is 5. The van der Waals surface area contributed by atoms with E-state index < -0.39 is 0 Å². The van der Waals surface area contributed by atoms with E-state index in [2.05, 4.69) is 187 Å². The average molecular weight is 664 g/mol. The fourth-order valence-corrected chi connectivity index (χ4v) is 7.62. The van der Waals surface area contributed by atoms with Crippen molar-refractivity contribution in [2.75, 3.05) is 4.90 Å². The molecule has 0 aliphatic heterocycles. The number of hydrogen-bond donors (Lipinski definition) is 0. The second kappa shape index (κ2) is 12.5. The summed E-state index contributed by atoms with van der Waals surface area (Å²) in [6, 6.07) is 71.7. The Morgan fingerprint density at radius 1 is 0.308 bits per heavy atom. The summed E-state index contributed by atoms with van der Waals surface area (Å²) in [5.74, 6) is 0.855. The highest BCUT2D eigenvalue weighted by Crippen LogP contribution is 2.41. The summed E-state index contributed by atoms with van der Waals surface area (Å²) < 4.78 is 6.31. The van der Waals surface area contributed by atoms with E-state index in [1.807, 2.05) is 18.2 Å². The Balaban J connectivity index is 1.08. The van der Waals surface area contributed by atoms with Crippen molar-refractivity contribution in [1.29, 1.82) is 0 Å². The third kappa shape index (κ3) is 5.30. The molecule has 10 aromatic rings. The first-order valence-corrected chi connectivity index (χ1v) is 17.7. The van der Waals surface area contributed by atoms with Crippen LogP contribution in [-0.4, -0.2) is 0 Å². The van der Waals surface area contributed by atoms with Gasteiger partial charge in [-0.2, -0.15) is 0 Å². The third-order valence-corrected chi connectivity index (χ3v) is 10.2. The van der Waals surface area contributed by atoms with E-state index in [-0.39, 0.29) is 0 Å². The normalized spacial score (nSPS) is 11.5. The van der Waals surface area contributed by atoms with E-state index in [9.17, 15) is 0 Å². The van der Waals surface area contributed by atoms with Crippen molar-refractivity contribution in [3.05, 3.63) is 200 Å². The van der Waals surface area contributed by atoms with Crippen LogP contribution in [0.3, 0.4) is 0 Å². The minimum absolute atomic E-state index is 0.855. The van der Waals surface area contributed by atoms with Crippen LogP contribution in [0.1, 0.15) is 0 Å². The molecule has 0 fully saturated rings. The Labute approximate surface area is 302 Å². The molecule has 0 saturated carbocycles. The van der Waals surface area contributed by atoms with Gasteiger partial charge in [0, 0.05) is 28.0 Å². The van der Waals surface area contributed by atoms with Gasteiger partial charge in [0.1, 0.15) is 11.3 Å². The van der Waals surface area contributed by atoms with E-state index >= 15 is 0 Å². The molecule has 0 bridgehead atoms. The summed E-state index contributed by atoms with van der Waals surface area (Å²) in [6.07, 6.45) is 0. The maximum absolute atomic E-state index is 6.31. The number of nitrogens with zero attached hydrogens (tertiary/aromatic N) is 1. The van der Waals surface area contributed by atoms with Crippen LogP contribution >= 0.6 is 0 Å². The molecule has 10 rings (SSSR count). The van der Waals surface area contributed by atoms with Crippen LogP contribution in [0.5, 0.6) is 0 Å². The number of rotatable bonds is 6. The highest BCUT2D eigenvalue weighted by molar-refractivity contribution is 6.13. The van der Waals surface area contributed by atoms with Crippen molar-refractivity contribution in [2.24, 2.45) is 0 Å². The van der Waals surface area contributed by atoms with Gasteiger partial charge >= 0.3 is 0 Å². The van der Waals surface area contributed by atoms with Crippen LogP contribution in [-0.2, 0) is 0 Å². The molecular formula is C50H33NO. The minimum Gasteiger partial charge on any atom is -0.456 e.